The highest BCUT2D eigenvalue weighted by molar-refractivity contribution is 6.01. The van der Waals surface area contributed by atoms with Crippen molar-refractivity contribution in [2.75, 3.05) is 25.7 Å². The summed E-state index contributed by atoms with van der Waals surface area (Å²) < 4.78 is 10.5. The molecule has 1 aliphatic heterocycles. The van der Waals surface area contributed by atoms with Crippen LogP contribution in [0.2, 0.25) is 0 Å². The summed E-state index contributed by atoms with van der Waals surface area (Å²) in [5, 5.41) is 9.32. The van der Waals surface area contributed by atoms with Crippen LogP contribution in [0.4, 0.5) is 5.69 Å². The van der Waals surface area contributed by atoms with E-state index in [1.54, 1.807) is 18.2 Å². The Morgan fingerprint density at radius 1 is 1.19 bits per heavy atom. The fourth-order valence-electron chi connectivity index (χ4n) is 3.44. The van der Waals surface area contributed by atoms with E-state index < -0.39 is 17.9 Å². The first kappa shape index (κ1) is 19.0. The molecular formula is C19H24N2O6. The molecule has 8 heteroatoms. The predicted molar refractivity (Wildman–Crippen MR) is 97.0 cm³/mol. The molecule has 1 aromatic carbocycles. The molecule has 2 unspecified atom stereocenters. The topological polar surface area (TPSA) is 96.4 Å². The zero-order chi connectivity index (χ0) is 19.7. The Kier molecular flexibility index (Phi) is 5.25. The summed E-state index contributed by atoms with van der Waals surface area (Å²) >= 11 is 0. The molecule has 0 aromatic heterocycles. The van der Waals surface area contributed by atoms with Gasteiger partial charge < -0.3 is 24.4 Å². The third-order valence-electron chi connectivity index (χ3n) is 5.09. The van der Waals surface area contributed by atoms with Crippen molar-refractivity contribution >= 4 is 23.5 Å². The molecular weight excluding hydrogens is 352 g/mol. The fraction of sp³-hybridized carbons (Fsp3) is 0.526. The lowest BCUT2D eigenvalue weighted by Crippen LogP contribution is -2.47. The van der Waals surface area contributed by atoms with Crippen molar-refractivity contribution in [2.24, 2.45) is 5.92 Å². The molecule has 146 valence electrons. The molecule has 27 heavy (non-hydrogen) atoms. The van der Waals surface area contributed by atoms with Crippen molar-refractivity contribution in [3.05, 3.63) is 18.2 Å². The molecule has 1 heterocycles. The van der Waals surface area contributed by atoms with Gasteiger partial charge in [-0.3, -0.25) is 9.59 Å². The van der Waals surface area contributed by atoms with Crippen LogP contribution >= 0.6 is 0 Å². The number of hydrogen-bond acceptors (Lipinski definition) is 5. The van der Waals surface area contributed by atoms with Gasteiger partial charge in [-0.05, 0) is 19.8 Å². The second-order valence-electron chi connectivity index (χ2n) is 6.97. The number of methoxy groups -OCH3 is 2. The first-order valence-corrected chi connectivity index (χ1v) is 8.94. The quantitative estimate of drug-likeness (QED) is 0.775. The molecule has 1 aromatic rings. The highest BCUT2D eigenvalue weighted by Crippen LogP contribution is 2.35. The van der Waals surface area contributed by atoms with E-state index in [4.69, 9.17) is 9.47 Å². The van der Waals surface area contributed by atoms with E-state index in [0.717, 1.165) is 12.8 Å². The number of rotatable bonds is 7. The standard InChI is InChI=1S/C19H24N2O6/c1-11(19(24)25)21(13-4-5-13)18(23)12-6-17(22)20(10-12)14-7-15(26-2)9-16(8-14)27-3/h7-9,11-13H,4-6,10H2,1-3H3,(H,24,25). The van der Waals surface area contributed by atoms with Gasteiger partial charge in [0.1, 0.15) is 17.5 Å². The minimum absolute atomic E-state index is 0.0373. The van der Waals surface area contributed by atoms with Crippen molar-refractivity contribution in [1.82, 2.24) is 4.90 Å². The average molecular weight is 376 g/mol. The van der Waals surface area contributed by atoms with Crippen molar-refractivity contribution in [3.8, 4) is 11.5 Å². The van der Waals surface area contributed by atoms with Gasteiger partial charge in [0, 0.05) is 37.2 Å². The van der Waals surface area contributed by atoms with Crippen molar-refractivity contribution in [2.45, 2.75) is 38.3 Å². The summed E-state index contributed by atoms with van der Waals surface area (Å²) in [6.07, 6.45) is 1.68. The second-order valence-corrected chi connectivity index (χ2v) is 6.97. The number of carboxylic acid groups (broad SMARTS) is 1. The Morgan fingerprint density at radius 3 is 2.26 bits per heavy atom. The SMILES string of the molecule is COc1cc(OC)cc(N2CC(C(=O)N(C3CC3)C(C)C(=O)O)CC2=O)c1. The lowest BCUT2D eigenvalue weighted by molar-refractivity contribution is -0.151. The number of carbonyl (C=O) groups is 3. The second kappa shape index (κ2) is 7.46. The molecule has 8 nitrogen and oxygen atoms in total. The lowest BCUT2D eigenvalue weighted by atomic mass is 10.1. The lowest BCUT2D eigenvalue weighted by Gasteiger charge is -2.29. The summed E-state index contributed by atoms with van der Waals surface area (Å²) in [7, 11) is 3.05. The minimum Gasteiger partial charge on any atom is -0.497 e. The van der Waals surface area contributed by atoms with Crippen LogP contribution in [0.15, 0.2) is 18.2 Å². The smallest absolute Gasteiger partial charge is 0.326 e. The Hall–Kier alpha value is -2.77. The minimum atomic E-state index is -1.03. The first-order valence-electron chi connectivity index (χ1n) is 8.94. The zero-order valence-corrected chi connectivity index (χ0v) is 15.7. The van der Waals surface area contributed by atoms with E-state index in [1.165, 1.54) is 30.9 Å². The predicted octanol–water partition coefficient (Wildman–Crippen LogP) is 1.52. The van der Waals surface area contributed by atoms with Gasteiger partial charge in [-0.25, -0.2) is 4.79 Å². The average Bonchev–Trinajstić information content (AvgIpc) is 3.41. The van der Waals surface area contributed by atoms with Crippen LogP contribution in [0.1, 0.15) is 26.2 Å². The van der Waals surface area contributed by atoms with Crippen LogP contribution < -0.4 is 14.4 Å². The molecule has 2 amide bonds. The number of ether oxygens (including phenoxy) is 2. The van der Waals surface area contributed by atoms with E-state index in [1.807, 2.05) is 0 Å². The van der Waals surface area contributed by atoms with Gasteiger partial charge >= 0.3 is 5.97 Å². The maximum atomic E-state index is 13.0. The van der Waals surface area contributed by atoms with Crippen LogP contribution in [0, 0.1) is 5.92 Å². The summed E-state index contributed by atoms with van der Waals surface area (Å²) in [5.41, 5.74) is 0.593. The molecule has 1 N–H and O–H groups in total. The van der Waals surface area contributed by atoms with Crippen LogP contribution in [-0.4, -0.2) is 60.6 Å². The summed E-state index contributed by atoms with van der Waals surface area (Å²) in [6, 6.07) is 4.20. The van der Waals surface area contributed by atoms with E-state index in [9.17, 15) is 19.5 Å². The van der Waals surface area contributed by atoms with E-state index >= 15 is 0 Å². The van der Waals surface area contributed by atoms with Gasteiger partial charge in [0.05, 0.1) is 25.8 Å². The number of anilines is 1. The highest BCUT2D eigenvalue weighted by Gasteiger charge is 2.44. The Labute approximate surface area is 157 Å². The number of carboxylic acids is 1. The van der Waals surface area contributed by atoms with Crippen molar-refractivity contribution in [3.63, 3.8) is 0 Å². The number of benzene rings is 1. The van der Waals surface area contributed by atoms with Gasteiger partial charge in [-0.2, -0.15) is 0 Å². The van der Waals surface area contributed by atoms with Gasteiger partial charge in [0.15, 0.2) is 0 Å². The van der Waals surface area contributed by atoms with Crippen molar-refractivity contribution in [1.29, 1.82) is 0 Å². The van der Waals surface area contributed by atoms with Crippen molar-refractivity contribution < 1.29 is 29.0 Å². The Balaban J connectivity index is 1.80. The number of nitrogens with zero attached hydrogens (tertiary/aromatic N) is 2. The number of amides is 2. The molecule has 1 saturated heterocycles. The number of aliphatic carboxylic acids is 1. The summed E-state index contributed by atoms with van der Waals surface area (Å²) in [5.74, 6) is -0.941. The van der Waals surface area contributed by atoms with E-state index in [0.29, 0.717) is 17.2 Å². The number of hydrogen-bond donors (Lipinski definition) is 1. The summed E-state index contributed by atoms with van der Waals surface area (Å²) in [6.45, 7) is 1.73. The maximum Gasteiger partial charge on any atom is 0.326 e. The monoisotopic (exact) mass is 376 g/mol. The number of carbonyl (C=O) groups excluding carboxylic acids is 2. The van der Waals surface area contributed by atoms with Gasteiger partial charge in [0.25, 0.3) is 0 Å². The first-order chi connectivity index (χ1) is 12.8. The third-order valence-corrected chi connectivity index (χ3v) is 5.09. The third kappa shape index (κ3) is 3.84. The molecule has 0 spiro atoms. The Bertz CT molecular complexity index is 738. The van der Waals surface area contributed by atoms with E-state index in [-0.39, 0.29) is 30.8 Å². The summed E-state index contributed by atoms with van der Waals surface area (Å²) in [4.78, 5) is 39.9. The molecule has 2 fully saturated rings. The van der Waals surface area contributed by atoms with Crippen LogP contribution in [0.3, 0.4) is 0 Å². The highest BCUT2D eigenvalue weighted by atomic mass is 16.5. The van der Waals surface area contributed by atoms with Gasteiger partial charge in [-0.1, -0.05) is 0 Å². The Morgan fingerprint density at radius 2 is 1.78 bits per heavy atom. The maximum absolute atomic E-state index is 13.0. The van der Waals surface area contributed by atoms with Gasteiger partial charge in [0.2, 0.25) is 11.8 Å². The molecule has 2 atom stereocenters. The van der Waals surface area contributed by atoms with Gasteiger partial charge in [-0.15, -0.1) is 0 Å². The molecule has 1 aliphatic carbocycles. The molecule has 0 bridgehead atoms. The fourth-order valence-corrected chi connectivity index (χ4v) is 3.44. The van der Waals surface area contributed by atoms with Crippen LogP contribution in [0.5, 0.6) is 11.5 Å². The largest absolute Gasteiger partial charge is 0.497 e. The van der Waals surface area contributed by atoms with E-state index in [2.05, 4.69) is 0 Å². The zero-order valence-electron chi connectivity index (χ0n) is 15.7. The van der Waals surface area contributed by atoms with Crippen LogP contribution in [0.25, 0.3) is 0 Å². The van der Waals surface area contributed by atoms with Crippen LogP contribution in [-0.2, 0) is 14.4 Å². The normalized spacial score (nSPS) is 20.3. The molecule has 2 aliphatic rings. The molecule has 1 saturated carbocycles. The molecule has 0 radical (unpaired) electrons. The molecule has 3 rings (SSSR count).